The van der Waals surface area contributed by atoms with Crippen molar-refractivity contribution in [1.82, 2.24) is 20.1 Å². The molecule has 0 radical (unpaired) electrons. The molecule has 1 aliphatic carbocycles. The number of nitrogens with zero attached hydrogens (tertiary/aromatic N) is 4. The van der Waals surface area contributed by atoms with Crippen molar-refractivity contribution >= 4 is 29.1 Å². The van der Waals surface area contributed by atoms with Gasteiger partial charge in [0.25, 0.3) is 5.92 Å². The Balaban J connectivity index is 1.36. The first-order chi connectivity index (χ1) is 20.4. The summed E-state index contributed by atoms with van der Waals surface area (Å²) in [4.78, 5) is 37.8. The fourth-order valence-corrected chi connectivity index (χ4v) is 7.71. The summed E-state index contributed by atoms with van der Waals surface area (Å²) in [6, 6.07) is 1.88. The van der Waals surface area contributed by atoms with Crippen LogP contribution >= 0.6 is 11.3 Å². The van der Waals surface area contributed by atoms with Gasteiger partial charge in [0.1, 0.15) is 11.9 Å². The minimum absolute atomic E-state index is 0.00842. The first kappa shape index (κ1) is 29.8. The molecule has 3 unspecified atom stereocenters. The maximum absolute atomic E-state index is 15.7. The zero-order chi connectivity index (χ0) is 30.7. The number of nitrogens with one attached hydrogen (secondary N) is 1. The predicted octanol–water partition coefficient (Wildman–Crippen LogP) is 4.15. The number of aromatic nitrogens is 1. The number of likely N-dealkylation sites (tertiary alicyclic amines) is 2. The predicted molar refractivity (Wildman–Crippen MR) is 154 cm³/mol. The molecule has 0 spiro atoms. The molecule has 2 N–H and O–H groups in total. The van der Waals surface area contributed by atoms with E-state index >= 15 is 8.78 Å². The van der Waals surface area contributed by atoms with Crippen LogP contribution in [-0.4, -0.2) is 88.0 Å². The largest absolute Gasteiger partial charge is 0.481 e. The van der Waals surface area contributed by atoms with Crippen LogP contribution in [0.2, 0.25) is 0 Å². The lowest BCUT2D eigenvalue weighted by Gasteiger charge is -2.48. The molecule has 13 heteroatoms. The van der Waals surface area contributed by atoms with Crippen molar-refractivity contribution < 1.29 is 32.6 Å². The number of esters is 1. The van der Waals surface area contributed by atoms with Crippen LogP contribution in [0.4, 0.5) is 13.2 Å². The van der Waals surface area contributed by atoms with E-state index in [4.69, 9.17) is 9.73 Å². The van der Waals surface area contributed by atoms with E-state index in [-0.39, 0.29) is 24.8 Å². The van der Waals surface area contributed by atoms with E-state index in [0.29, 0.717) is 53.5 Å². The number of amidine groups is 1. The molecule has 1 aromatic carbocycles. The van der Waals surface area contributed by atoms with E-state index < -0.39 is 53.8 Å². The quantitative estimate of drug-likeness (QED) is 0.426. The number of carboxylic acid groups (broad SMARTS) is 1. The molecule has 4 aliphatic rings. The van der Waals surface area contributed by atoms with Crippen LogP contribution in [0.1, 0.15) is 55.3 Å². The molecule has 0 bridgehead atoms. The summed E-state index contributed by atoms with van der Waals surface area (Å²) < 4.78 is 51.6. The third-order valence-corrected chi connectivity index (χ3v) is 10.1. The van der Waals surface area contributed by atoms with E-state index in [1.54, 1.807) is 54.3 Å². The Morgan fingerprint density at radius 3 is 2.72 bits per heavy atom. The third-order valence-electron chi connectivity index (χ3n) is 9.30. The number of fused-ring (bicyclic) bond motifs is 1. The molecule has 2 aromatic rings. The molecular formula is C30H34F3N5O4S. The van der Waals surface area contributed by atoms with Gasteiger partial charge in [0.15, 0.2) is 10.8 Å². The molecule has 3 atom stereocenters. The van der Waals surface area contributed by atoms with Crippen molar-refractivity contribution in [1.29, 1.82) is 0 Å². The minimum Gasteiger partial charge on any atom is -0.481 e. The normalized spacial score (nSPS) is 30.4. The maximum Gasteiger partial charge on any atom is 0.338 e. The fourth-order valence-electron chi connectivity index (χ4n) is 7.13. The molecule has 9 nitrogen and oxygen atoms in total. The van der Waals surface area contributed by atoms with Gasteiger partial charge in [-0.1, -0.05) is 12.1 Å². The van der Waals surface area contributed by atoms with Crippen molar-refractivity contribution in [2.75, 3.05) is 26.2 Å². The molecule has 0 amide bonds. The van der Waals surface area contributed by atoms with Crippen LogP contribution in [0.25, 0.3) is 0 Å². The maximum atomic E-state index is 15.7. The first-order valence-electron chi connectivity index (χ1n) is 14.4. The monoisotopic (exact) mass is 617 g/mol. The highest BCUT2D eigenvalue weighted by Crippen LogP contribution is 2.50. The molecule has 4 heterocycles. The van der Waals surface area contributed by atoms with Crippen LogP contribution in [0.5, 0.6) is 0 Å². The van der Waals surface area contributed by atoms with Crippen molar-refractivity contribution in [2.24, 2.45) is 10.4 Å². The van der Waals surface area contributed by atoms with Gasteiger partial charge in [-0.05, 0) is 57.2 Å². The molecule has 230 valence electrons. The number of halogens is 3. The van der Waals surface area contributed by atoms with Crippen molar-refractivity contribution in [3.63, 3.8) is 0 Å². The van der Waals surface area contributed by atoms with Gasteiger partial charge in [-0.15, -0.1) is 11.3 Å². The van der Waals surface area contributed by atoms with E-state index in [1.807, 2.05) is 0 Å². The molecule has 2 saturated heterocycles. The molecule has 3 fully saturated rings. The lowest BCUT2D eigenvalue weighted by Crippen LogP contribution is -2.58. The van der Waals surface area contributed by atoms with Gasteiger partial charge in [0.2, 0.25) is 0 Å². The second-order valence-corrected chi connectivity index (χ2v) is 12.9. The number of aliphatic carboxylic acids is 1. The molecule has 1 aromatic heterocycles. The number of carboxylic acids is 1. The molecule has 1 saturated carbocycles. The zero-order valence-electron chi connectivity index (χ0n) is 24.1. The topological polar surface area (TPSA) is 107 Å². The van der Waals surface area contributed by atoms with E-state index in [2.05, 4.69) is 10.3 Å². The number of carbonyl (C=O) groups is 2. The zero-order valence-corrected chi connectivity index (χ0v) is 25.0. The fraction of sp³-hybridized carbons (Fsp3) is 0.533. The number of ether oxygens (including phenoxy) is 1. The van der Waals surface area contributed by atoms with E-state index in [1.165, 1.54) is 17.4 Å². The van der Waals surface area contributed by atoms with Gasteiger partial charge < -0.3 is 15.2 Å². The number of rotatable bonds is 8. The molecule has 6 rings (SSSR count). The summed E-state index contributed by atoms with van der Waals surface area (Å²) in [6.45, 7) is 4.95. The van der Waals surface area contributed by atoms with E-state index in [9.17, 15) is 19.1 Å². The number of aliphatic imine (C=N–C) groups is 1. The van der Waals surface area contributed by atoms with E-state index in [0.717, 1.165) is 0 Å². The van der Waals surface area contributed by atoms with Crippen molar-refractivity contribution in [3.8, 4) is 0 Å². The first-order valence-corrected chi connectivity index (χ1v) is 15.3. The summed E-state index contributed by atoms with van der Waals surface area (Å²) >= 11 is 1.33. The van der Waals surface area contributed by atoms with Crippen molar-refractivity contribution in [3.05, 3.63) is 63.0 Å². The molecule has 3 aliphatic heterocycles. The van der Waals surface area contributed by atoms with Crippen LogP contribution in [0, 0.1) is 18.2 Å². The van der Waals surface area contributed by atoms with Gasteiger partial charge in [0, 0.05) is 42.4 Å². The summed E-state index contributed by atoms with van der Waals surface area (Å²) in [5.74, 6) is -4.68. The van der Waals surface area contributed by atoms with Crippen LogP contribution in [0.15, 0.2) is 46.0 Å². The Hall–Kier alpha value is -3.29. The number of benzene rings is 1. The highest BCUT2D eigenvalue weighted by Gasteiger charge is 2.63. The lowest BCUT2D eigenvalue weighted by molar-refractivity contribution is -0.160. The average molecular weight is 618 g/mol. The SMILES string of the molecule is CCOC(=O)C1=C(CN2CC(F)(F)C3C2CCN3C2CC(C)(C(=O)O)C2)NC(c2nccs2)=NC1c1cccc(F)c1C. The Kier molecular flexibility index (Phi) is 7.62. The van der Waals surface area contributed by atoms with Crippen LogP contribution < -0.4 is 5.32 Å². The number of hydrogen-bond acceptors (Lipinski definition) is 9. The van der Waals surface area contributed by atoms with Crippen LogP contribution in [-0.2, 0) is 14.3 Å². The highest BCUT2D eigenvalue weighted by atomic mass is 32.1. The lowest BCUT2D eigenvalue weighted by atomic mass is 9.66. The Morgan fingerprint density at radius 1 is 1.28 bits per heavy atom. The van der Waals surface area contributed by atoms with Gasteiger partial charge >= 0.3 is 11.9 Å². The summed E-state index contributed by atoms with van der Waals surface area (Å²) in [6.07, 6.45) is 2.78. The number of carbonyl (C=O) groups excluding carboxylic acids is 1. The van der Waals surface area contributed by atoms with Gasteiger partial charge in [0.05, 0.1) is 30.2 Å². The Bertz CT molecular complexity index is 1490. The standard InChI is InChI=1S/C30H34F3N5O4S/c1-4-42-27(39)22-20(35-25(26-34-9-11-43-26)36-23(22)18-6-5-7-19(31)16(18)2)14-37-15-30(32,33)24-21(37)8-10-38(24)17-12-29(3,13-17)28(40)41/h5-7,9,11,17,21,23-24H,4,8,10,12-15H2,1-3H3,(H,35,36)(H,40,41). The second-order valence-electron chi connectivity index (χ2n) is 12.0. The second kappa shape index (κ2) is 11.0. The number of thiazole rings is 1. The Morgan fingerprint density at radius 2 is 2.05 bits per heavy atom. The van der Waals surface area contributed by atoms with Crippen LogP contribution in [0.3, 0.4) is 0 Å². The van der Waals surface area contributed by atoms with Crippen molar-refractivity contribution in [2.45, 2.75) is 70.1 Å². The minimum atomic E-state index is -3.04. The summed E-state index contributed by atoms with van der Waals surface area (Å²) in [7, 11) is 0. The summed E-state index contributed by atoms with van der Waals surface area (Å²) in [5.41, 5.74) is 0.417. The highest BCUT2D eigenvalue weighted by molar-refractivity contribution is 7.11. The third kappa shape index (κ3) is 5.14. The molecule has 43 heavy (non-hydrogen) atoms. The van der Waals surface area contributed by atoms with Gasteiger partial charge in [-0.25, -0.2) is 22.9 Å². The van der Waals surface area contributed by atoms with Gasteiger partial charge in [-0.2, -0.15) is 0 Å². The smallest absolute Gasteiger partial charge is 0.338 e. The average Bonchev–Trinajstić information content (AvgIpc) is 3.67. The number of hydrogen-bond donors (Lipinski definition) is 2. The Labute approximate surface area is 251 Å². The van der Waals surface area contributed by atoms with Gasteiger partial charge in [-0.3, -0.25) is 19.6 Å². The molecular weight excluding hydrogens is 583 g/mol. The number of alkyl halides is 2. The summed E-state index contributed by atoms with van der Waals surface area (Å²) in [5, 5.41) is 15.1.